The highest BCUT2D eigenvalue weighted by molar-refractivity contribution is 6.22. The molecule has 9 aromatic rings. The van der Waals surface area contributed by atoms with Gasteiger partial charge in [-0.2, -0.15) is 0 Å². The zero-order valence-electron chi connectivity index (χ0n) is 55.9. The van der Waals surface area contributed by atoms with Crippen LogP contribution in [0.4, 0.5) is 0 Å². The van der Waals surface area contributed by atoms with Gasteiger partial charge in [-0.1, -0.05) is 141 Å². The topological polar surface area (TPSA) is 13.1 Å². The Hall–Kier alpha value is -5.92. The Morgan fingerprint density at radius 2 is 0.917 bits per heavy atom. The summed E-state index contributed by atoms with van der Waals surface area (Å²) in [5, 5.41) is -4.48. The average molecular weight is 645 g/mol. The minimum absolute atomic E-state index is 0.712. The van der Waals surface area contributed by atoms with E-state index in [0.29, 0.717) is 0 Å². The van der Waals surface area contributed by atoms with Gasteiger partial charge in [-0.05, 0) is 107 Å². The first-order valence-corrected chi connectivity index (χ1v) is 14.2. The summed E-state index contributed by atoms with van der Waals surface area (Å²) in [6.45, 7) is -7.72. The van der Waals surface area contributed by atoms with Gasteiger partial charge in [0.2, 0.25) is 0 Å². The monoisotopic (exact) mass is 644 g/mol. The quantitative estimate of drug-likeness (QED) is 0.174. The number of benzene rings is 8. The molecule has 0 unspecified atom stereocenters. The molecule has 0 saturated carbocycles. The summed E-state index contributed by atoms with van der Waals surface area (Å²) in [6, 6.07) is -27.0. The van der Waals surface area contributed by atoms with Crippen LogP contribution in [0.5, 0.6) is 0 Å². The molecule has 226 valence electrons. The van der Waals surface area contributed by atoms with Gasteiger partial charge in [-0.25, -0.2) is 0 Å². The fourth-order valence-corrected chi connectivity index (χ4v) is 6.05. The van der Waals surface area contributed by atoms with Crippen LogP contribution in [0.2, 0.25) is 0 Å². The zero-order chi connectivity index (χ0) is 59.6. The normalized spacial score (nSPS) is 23.3. The van der Waals surface area contributed by atoms with E-state index in [-0.39, 0.29) is 0 Å². The fraction of sp³-hybridized carbons (Fsp3) is 0.0638. The van der Waals surface area contributed by atoms with Crippen molar-refractivity contribution in [3.8, 4) is 44.5 Å². The van der Waals surface area contributed by atoms with Gasteiger partial charge in [-0.15, -0.1) is 0 Å². The molecule has 0 atom stereocenters. The van der Waals surface area contributed by atoms with Crippen LogP contribution >= 0.6 is 0 Å². The molecule has 1 aliphatic rings. The Morgan fingerprint density at radius 1 is 0.417 bits per heavy atom. The van der Waals surface area contributed by atoms with Crippen LogP contribution < -0.4 is 0 Å². The molecule has 1 aliphatic carbocycles. The molecular weight excluding hydrogens is 581 g/mol. The molecule has 10 rings (SSSR count). The second-order valence-corrected chi connectivity index (χ2v) is 10.8. The van der Waals surface area contributed by atoms with E-state index >= 15 is 0 Å². The smallest absolute Gasteiger partial charge is 0.135 e. The van der Waals surface area contributed by atoms with Crippen molar-refractivity contribution < 1.29 is 48.3 Å². The van der Waals surface area contributed by atoms with Crippen LogP contribution in [0.25, 0.3) is 88.0 Å². The van der Waals surface area contributed by atoms with Crippen LogP contribution in [0.1, 0.15) is 68.7 Å². The summed E-state index contributed by atoms with van der Waals surface area (Å²) in [4.78, 5) is 0. The third-order valence-corrected chi connectivity index (χ3v) is 8.14. The number of rotatable bonds is 3. The Morgan fingerprint density at radius 3 is 1.58 bits per heavy atom. The van der Waals surface area contributed by atoms with Gasteiger partial charge in [0.15, 0.2) is 0 Å². The van der Waals surface area contributed by atoms with Crippen molar-refractivity contribution >= 4 is 43.5 Å². The minimum Gasteiger partial charge on any atom is -0.456 e. The van der Waals surface area contributed by atoms with E-state index in [1.54, 1.807) is 0 Å². The lowest BCUT2D eigenvalue weighted by molar-refractivity contribution is 0.660. The fourth-order valence-electron chi connectivity index (χ4n) is 6.05. The molecule has 48 heavy (non-hydrogen) atoms. The zero-order valence-corrected chi connectivity index (χ0v) is 23.9. The second kappa shape index (κ2) is 10.0. The summed E-state index contributed by atoms with van der Waals surface area (Å²) in [7, 11) is 0. The second-order valence-electron chi connectivity index (χ2n) is 10.8. The van der Waals surface area contributed by atoms with Crippen molar-refractivity contribution in [1.82, 2.24) is 0 Å². The van der Waals surface area contributed by atoms with Gasteiger partial charge in [0.25, 0.3) is 0 Å². The molecule has 1 nitrogen and oxygen atoms in total. The summed E-state index contributed by atoms with van der Waals surface area (Å²) in [6.07, 6.45) is 0. The number of fused-ring (bicyclic) bond motifs is 8. The van der Waals surface area contributed by atoms with Crippen molar-refractivity contribution in [2.75, 3.05) is 0 Å². The molecule has 1 heterocycles. The maximum absolute atomic E-state index is 9.96. The number of hydrogen-bond donors (Lipinski definition) is 0. The van der Waals surface area contributed by atoms with Crippen molar-refractivity contribution in [1.29, 1.82) is 0 Å². The van der Waals surface area contributed by atoms with E-state index < -0.39 is 275 Å². The minimum atomic E-state index is -3.86. The van der Waals surface area contributed by atoms with Crippen LogP contribution in [0.3, 0.4) is 0 Å². The van der Waals surface area contributed by atoms with E-state index in [1.807, 2.05) is 0 Å². The molecule has 0 aliphatic heterocycles. The van der Waals surface area contributed by atoms with E-state index in [0.717, 1.165) is 0 Å². The van der Waals surface area contributed by atoms with E-state index in [1.165, 1.54) is 0 Å². The molecule has 0 radical (unpaired) electrons. The maximum Gasteiger partial charge on any atom is 0.135 e. The maximum atomic E-state index is 9.96. The van der Waals surface area contributed by atoms with Crippen molar-refractivity contribution in [3.05, 3.63) is 168 Å². The Kier molecular flexibility index (Phi) is 2.15. The largest absolute Gasteiger partial charge is 0.456 e. The molecule has 8 aromatic carbocycles. The summed E-state index contributed by atoms with van der Waals surface area (Å²) in [5.41, 5.74) is -14.2. The van der Waals surface area contributed by atoms with E-state index in [9.17, 15) is 17.8 Å². The predicted octanol–water partition coefficient (Wildman–Crippen LogP) is 13.2. The number of hydrogen-bond acceptors (Lipinski definition) is 1. The molecule has 0 amide bonds. The molecule has 0 bridgehead atoms. The van der Waals surface area contributed by atoms with Crippen LogP contribution in [-0.2, 0) is 5.41 Å². The SMILES string of the molecule is [2H]c1c([2H])c([2H])c(-c2c3c([2H])c([2H])c([2H])c([2H])c3c(-c3c([2H])c([2H])c4oc5c([2H])c([2H])c(-c6c([2H])c([2H])c7c(c6[2H])C(C([2H])([2H])[2H])(C([2H])([2H])[2H])c6c([2H])c([2H])c([2H])c([2H])c6-7)c([2H])c5c4c3[2H])c3c([2H])c([2H])c([2H])c([2H])c23)c([2H])c1[2H]. The first kappa shape index (κ1) is 10.3. The molecule has 0 fully saturated rings. The first-order valence-electron chi connectivity index (χ1n) is 30.2. The Labute approximate surface area is 324 Å². The standard InChI is InChI=1S/C47H32O/c1-47(2)41-19-11-10-14-33(41)34-23-20-31(28-42(34)47)30-21-24-43-39(26-30)40-27-32(22-25-44(40)48-43)46-37-17-8-6-15-35(37)45(29-12-4-3-5-13-29)36-16-7-9-18-38(36)46/h3-28H,1-2H3/i1D3,2D3,3D,4D,5D,6D,7D,8D,9D,10D,11D,12D,13D,14D,15D,16D,17D,18D,19D,20D,21D,22D,23D,24D,25D,26D,27D,28D. The van der Waals surface area contributed by atoms with Crippen molar-refractivity contribution in [3.63, 3.8) is 0 Å². The van der Waals surface area contributed by atoms with Crippen LogP contribution in [0.15, 0.2) is 162 Å². The highest BCUT2D eigenvalue weighted by Gasteiger charge is 2.35. The molecular formula is C47H32O. The Bertz CT molecular complexity index is 4330. The molecule has 1 heteroatoms. The summed E-state index contributed by atoms with van der Waals surface area (Å²) in [5.74, 6) is 0. The Balaban J connectivity index is 1.43. The van der Waals surface area contributed by atoms with Crippen molar-refractivity contribution in [2.45, 2.75) is 19.1 Å². The van der Waals surface area contributed by atoms with E-state index in [2.05, 4.69) is 0 Å². The summed E-state index contributed by atoms with van der Waals surface area (Å²) >= 11 is 0. The van der Waals surface area contributed by atoms with Gasteiger partial charge < -0.3 is 4.42 Å². The predicted molar refractivity (Wildman–Crippen MR) is 203 cm³/mol. The highest BCUT2D eigenvalue weighted by atomic mass is 16.3. The van der Waals surface area contributed by atoms with Crippen LogP contribution in [0, 0.1) is 0 Å². The van der Waals surface area contributed by atoms with Gasteiger partial charge in [-0.3, -0.25) is 0 Å². The third-order valence-electron chi connectivity index (χ3n) is 8.14. The average Bonchev–Trinajstić information content (AvgIpc) is 3.98. The number of furan rings is 1. The van der Waals surface area contributed by atoms with Crippen molar-refractivity contribution in [2.24, 2.45) is 0 Å². The lowest BCUT2D eigenvalue weighted by Gasteiger charge is -2.22. The first-order chi connectivity index (χ1) is 36.9. The molecule has 0 spiro atoms. The van der Waals surface area contributed by atoms with Gasteiger partial charge in [0.1, 0.15) is 11.2 Å². The third kappa shape index (κ3) is 3.85. The van der Waals surface area contributed by atoms with E-state index in [4.69, 9.17) is 30.5 Å². The van der Waals surface area contributed by atoms with Gasteiger partial charge >= 0.3 is 0 Å². The molecule has 0 N–H and O–H groups in total. The highest BCUT2D eigenvalue weighted by Crippen LogP contribution is 2.50. The van der Waals surface area contributed by atoms with Crippen LogP contribution in [-0.4, -0.2) is 0 Å². The lowest BCUT2D eigenvalue weighted by atomic mass is 9.81. The summed E-state index contributed by atoms with van der Waals surface area (Å²) < 4.78 is 294. The molecule has 0 saturated heterocycles. The molecule has 1 aromatic heterocycles. The lowest BCUT2D eigenvalue weighted by Crippen LogP contribution is -2.14. The van der Waals surface area contributed by atoms with Gasteiger partial charge in [0.05, 0.1) is 35.6 Å². The van der Waals surface area contributed by atoms with Gasteiger partial charge in [0, 0.05) is 24.4 Å².